The van der Waals surface area contributed by atoms with Gasteiger partial charge in [0.05, 0.1) is 36.3 Å². The summed E-state index contributed by atoms with van der Waals surface area (Å²) in [7, 11) is 1.66. The second kappa shape index (κ2) is 7.84. The van der Waals surface area contributed by atoms with Gasteiger partial charge in [-0.15, -0.1) is 0 Å². The fourth-order valence-electron chi connectivity index (χ4n) is 3.31. The number of carbonyl (C=O) groups is 1. The minimum atomic E-state index is -0.161. The number of carbonyl (C=O) groups excluding carboxylic acids is 1. The Kier molecular flexibility index (Phi) is 5.09. The Labute approximate surface area is 168 Å². The van der Waals surface area contributed by atoms with Crippen LogP contribution in [-0.4, -0.2) is 39.4 Å². The van der Waals surface area contributed by atoms with E-state index in [9.17, 15) is 4.79 Å². The number of rotatable bonds is 6. The molecule has 0 unspecified atom stereocenters. The van der Waals surface area contributed by atoms with Gasteiger partial charge < -0.3 is 15.4 Å². The zero-order chi connectivity index (χ0) is 20.4. The molecule has 0 fully saturated rings. The smallest absolute Gasteiger partial charge is 0.258 e. The minimum absolute atomic E-state index is 0.161. The van der Waals surface area contributed by atoms with E-state index in [1.165, 1.54) is 0 Å². The van der Waals surface area contributed by atoms with Crippen LogP contribution in [0.4, 0.5) is 11.5 Å². The van der Waals surface area contributed by atoms with E-state index in [0.29, 0.717) is 30.2 Å². The first-order chi connectivity index (χ1) is 14.1. The zero-order valence-electron chi connectivity index (χ0n) is 16.6. The summed E-state index contributed by atoms with van der Waals surface area (Å²) >= 11 is 0. The summed E-state index contributed by atoms with van der Waals surface area (Å²) in [4.78, 5) is 21.3. The quantitative estimate of drug-likeness (QED) is 0.628. The molecule has 0 radical (unpaired) electrons. The molecule has 0 saturated carbocycles. The lowest BCUT2D eigenvalue weighted by Gasteiger charge is -2.09. The number of aromatic nitrogens is 4. The van der Waals surface area contributed by atoms with Crippen molar-refractivity contribution in [3.05, 3.63) is 59.8 Å². The maximum absolute atomic E-state index is 12.6. The SMILES string of the molecule is COCCn1ccc(N/C(C)=C2\C(=O)Nc3cnc(-c4cnccc4C)cc32)n1. The maximum atomic E-state index is 12.6. The molecule has 0 saturated heterocycles. The lowest BCUT2D eigenvalue weighted by molar-refractivity contribution is -0.110. The number of hydrogen-bond acceptors (Lipinski definition) is 6. The van der Waals surface area contributed by atoms with Gasteiger partial charge in [-0.25, -0.2) is 0 Å². The Morgan fingerprint density at radius 1 is 1.28 bits per heavy atom. The molecule has 148 valence electrons. The third-order valence-electron chi connectivity index (χ3n) is 4.82. The Morgan fingerprint density at radius 3 is 2.93 bits per heavy atom. The Morgan fingerprint density at radius 2 is 2.14 bits per heavy atom. The van der Waals surface area contributed by atoms with Gasteiger partial charge in [-0.05, 0) is 31.5 Å². The molecule has 1 amide bonds. The monoisotopic (exact) mass is 390 g/mol. The van der Waals surface area contributed by atoms with Crippen molar-refractivity contribution in [3.63, 3.8) is 0 Å². The number of allylic oxidation sites excluding steroid dienone is 1. The molecule has 0 aliphatic carbocycles. The first-order valence-electron chi connectivity index (χ1n) is 9.30. The highest BCUT2D eigenvalue weighted by atomic mass is 16.5. The Hall–Kier alpha value is -3.52. The lowest BCUT2D eigenvalue weighted by Crippen LogP contribution is -2.09. The number of amides is 1. The second-order valence-electron chi connectivity index (χ2n) is 6.84. The predicted molar refractivity (Wildman–Crippen MR) is 111 cm³/mol. The summed E-state index contributed by atoms with van der Waals surface area (Å²) in [5.41, 5.74) is 5.60. The standard InChI is InChI=1S/C21H22N6O2/c1-13-4-6-22-11-16(13)17-10-15-18(12-23-17)25-21(28)20(15)14(2)24-19-5-7-27(26-19)8-9-29-3/h4-7,10-12H,8-9H2,1-3H3,(H,24,26)(H,25,28)/b20-14-. The fourth-order valence-corrected chi connectivity index (χ4v) is 3.31. The molecule has 0 spiro atoms. The zero-order valence-corrected chi connectivity index (χ0v) is 16.6. The number of pyridine rings is 2. The van der Waals surface area contributed by atoms with E-state index >= 15 is 0 Å². The van der Waals surface area contributed by atoms with Crippen LogP contribution in [0.2, 0.25) is 0 Å². The third kappa shape index (κ3) is 3.74. The number of nitrogens with one attached hydrogen (secondary N) is 2. The normalized spacial score (nSPS) is 14.5. The van der Waals surface area contributed by atoms with Gasteiger partial charge in [0.1, 0.15) is 0 Å². The summed E-state index contributed by atoms with van der Waals surface area (Å²) < 4.78 is 6.86. The van der Waals surface area contributed by atoms with Crippen molar-refractivity contribution in [2.24, 2.45) is 0 Å². The molecule has 0 aromatic carbocycles. The molecule has 1 aliphatic heterocycles. The summed E-state index contributed by atoms with van der Waals surface area (Å²) in [6.07, 6.45) is 7.10. The Balaban J connectivity index is 1.67. The van der Waals surface area contributed by atoms with Crippen molar-refractivity contribution in [1.82, 2.24) is 19.7 Å². The van der Waals surface area contributed by atoms with Crippen molar-refractivity contribution in [2.75, 3.05) is 24.4 Å². The summed E-state index contributed by atoms with van der Waals surface area (Å²) in [5.74, 6) is 0.510. The number of hydrogen-bond donors (Lipinski definition) is 2. The molecule has 3 aromatic heterocycles. The molecule has 1 aliphatic rings. The number of fused-ring (bicyclic) bond motifs is 1. The topological polar surface area (TPSA) is 94.0 Å². The van der Waals surface area contributed by atoms with E-state index in [0.717, 1.165) is 28.1 Å². The van der Waals surface area contributed by atoms with Crippen LogP contribution in [0.3, 0.4) is 0 Å². The minimum Gasteiger partial charge on any atom is -0.383 e. The highest BCUT2D eigenvalue weighted by molar-refractivity contribution is 6.32. The third-order valence-corrected chi connectivity index (χ3v) is 4.82. The van der Waals surface area contributed by atoms with Crippen molar-refractivity contribution < 1.29 is 9.53 Å². The van der Waals surface area contributed by atoms with Gasteiger partial charge in [-0.1, -0.05) is 0 Å². The second-order valence-corrected chi connectivity index (χ2v) is 6.84. The molecular weight excluding hydrogens is 368 g/mol. The van der Waals surface area contributed by atoms with E-state index in [4.69, 9.17) is 4.74 Å². The van der Waals surface area contributed by atoms with Crippen molar-refractivity contribution >= 4 is 23.0 Å². The molecular formula is C21H22N6O2. The molecule has 8 nitrogen and oxygen atoms in total. The summed E-state index contributed by atoms with van der Waals surface area (Å²) in [6.45, 7) is 5.13. The number of aryl methyl sites for hydroxylation is 1. The number of ether oxygens (including phenoxy) is 1. The van der Waals surface area contributed by atoms with Gasteiger partial charge in [0.2, 0.25) is 0 Å². The molecule has 8 heteroatoms. The molecule has 2 N–H and O–H groups in total. The van der Waals surface area contributed by atoms with Crippen LogP contribution in [0.15, 0.2) is 48.7 Å². The number of methoxy groups -OCH3 is 1. The van der Waals surface area contributed by atoms with E-state index in [1.807, 2.05) is 38.2 Å². The highest BCUT2D eigenvalue weighted by Gasteiger charge is 2.27. The molecule has 3 aromatic rings. The van der Waals surface area contributed by atoms with Gasteiger partial charge in [0.15, 0.2) is 5.82 Å². The first kappa shape index (κ1) is 18.8. The van der Waals surface area contributed by atoms with Gasteiger partial charge in [0.25, 0.3) is 5.91 Å². The summed E-state index contributed by atoms with van der Waals surface area (Å²) in [6, 6.07) is 5.73. The van der Waals surface area contributed by atoms with E-state index in [1.54, 1.807) is 30.4 Å². The molecule has 4 heterocycles. The van der Waals surface area contributed by atoms with Crippen molar-refractivity contribution in [3.8, 4) is 11.3 Å². The number of nitrogens with zero attached hydrogens (tertiary/aromatic N) is 4. The Bertz CT molecular complexity index is 1100. The average Bonchev–Trinajstić information content (AvgIpc) is 3.29. The van der Waals surface area contributed by atoms with Gasteiger partial charge in [-0.3, -0.25) is 19.4 Å². The molecule has 4 rings (SSSR count). The van der Waals surface area contributed by atoms with Crippen LogP contribution >= 0.6 is 0 Å². The van der Waals surface area contributed by atoms with Crippen LogP contribution < -0.4 is 10.6 Å². The van der Waals surface area contributed by atoms with Gasteiger partial charge >= 0.3 is 0 Å². The van der Waals surface area contributed by atoms with Crippen LogP contribution in [-0.2, 0) is 16.1 Å². The van der Waals surface area contributed by atoms with Crippen molar-refractivity contribution in [1.29, 1.82) is 0 Å². The largest absolute Gasteiger partial charge is 0.383 e. The maximum Gasteiger partial charge on any atom is 0.258 e. The van der Waals surface area contributed by atoms with Crippen LogP contribution in [0.5, 0.6) is 0 Å². The van der Waals surface area contributed by atoms with Crippen molar-refractivity contribution in [2.45, 2.75) is 20.4 Å². The lowest BCUT2D eigenvalue weighted by atomic mass is 10.0. The van der Waals surface area contributed by atoms with Crippen LogP contribution in [0.25, 0.3) is 16.8 Å². The molecule has 29 heavy (non-hydrogen) atoms. The predicted octanol–water partition coefficient (Wildman–Crippen LogP) is 3.09. The first-order valence-corrected chi connectivity index (χ1v) is 9.30. The van der Waals surface area contributed by atoms with Gasteiger partial charge in [0, 0.05) is 48.6 Å². The van der Waals surface area contributed by atoms with Crippen LogP contribution in [0.1, 0.15) is 18.1 Å². The number of anilines is 2. The van der Waals surface area contributed by atoms with E-state index in [-0.39, 0.29) is 5.91 Å². The van der Waals surface area contributed by atoms with E-state index < -0.39 is 0 Å². The molecule has 0 atom stereocenters. The summed E-state index contributed by atoms with van der Waals surface area (Å²) in [5, 5.41) is 10.6. The van der Waals surface area contributed by atoms with Gasteiger partial charge in [-0.2, -0.15) is 5.10 Å². The van der Waals surface area contributed by atoms with Crippen LogP contribution in [0, 0.1) is 6.92 Å². The molecule has 0 bridgehead atoms. The highest BCUT2D eigenvalue weighted by Crippen LogP contribution is 2.36. The fraction of sp³-hybridized carbons (Fsp3) is 0.238. The average molecular weight is 390 g/mol. The van der Waals surface area contributed by atoms with E-state index in [2.05, 4.69) is 25.7 Å².